The molecule has 0 radical (unpaired) electrons. The maximum Gasteiger partial charge on any atom is 0.244 e. The van der Waals surface area contributed by atoms with Crippen LogP contribution >= 0.6 is 27.7 Å². The van der Waals surface area contributed by atoms with E-state index in [0.29, 0.717) is 13.0 Å². The number of hydrogen-bond acceptors (Lipinski definition) is 5. The first-order valence-corrected chi connectivity index (χ1v) is 13.6. The summed E-state index contributed by atoms with van der Waals surface area (Å²) < 4.78 is -0.754. The Morgan fingerprint density at radius 1 is 1.14 bits per heavy atom. The molecule has 2 aromatic carbocycles. The monoisotopic (exact) mass is 557 g/mol. The van der Waals surface area contributed by atoms with Crippen molar-refractivity contribution in [2.24, 2.45) is 11.8 Å². The van der Waals surface area contributed by atoms with E-state index >= 15 is 0 Å². The molecule has 3 N–H and O–H groups in total. The summed E-state index contributed by atoms with van der Waals surface area (Å²) in [4.78, 5) is 42.5. The summed E-state index contributed by atoms with van der Waals surface area (Å²) in [5.74, 6) is -1.85. The van der Waals surface area contributed by atoms with Crippen molar-refractivity contribution in [1.82, 2.24) is 15.5 Å². The van der Waals surface area contributed by atoms with Gasteiger partial charge in [0, 0.05) is 23.7 Å². The molecule has 9 heteroatoms. The molecule has 0 aromatic heterocycles. The molecule has 3 heterocycles. The van der Waals surface area contributed by atoms with Gasteiger partial charge in [-0.05, 0) is 17.5 Å². The van der Waals surface area contributed by atoms with Crippen LogP contribution in [0.2, 0.25) is 0 Å². The molecule has 35 heavy (non-hydrogen) atoms. The van der Waals surface area contributed by atoms with Gasteiger partial charge in [-0.3, -0.25) is 14.4 Å². The van der Waals surface area contributed by atoms with Gasteiger partial charge in [-0.1, -0.05) is 76.6 Å². The van der Waals surface area contributed by atoms with Gasteiger partial charge in [-0.2, -0.15) is 0 Å². The third-order valence-electron chi connectivity index (χ3n) is 7.53. The molecule has 2 bridgehead atoms. The molecule has 3 aliphatic heterocycles. The van der Waals surface area contributed by atoms with E-state index in [1.165, 1.54) is 0 Å². The van der Waals surface area contributed by atoms with Gasteiger partial charge in [0.25, 0.3) is 0 Å². The van der Waals surface area contributed by atoms with Crippen molar-refractivity contribution in [3.8, 4) is 0 Å². The minimum absolute atomic E-state index is 0.00697. The van der Waals surface area contributed by atoms with Crippen LogP contribution in [0.15, 0.2) is 60.7 Å². The molecule has 3 fully saturated rings. The normalized spacial score (nSPS) is 31.8. The van der Waals surface area contributed by atoms with Gasteiger partial charge in [0.05, 0.1) is 29.2 Å². The zero-order valence-electron chi connectivity index (χ0n) is 19.3. The molecule has 3 unspecified atom stereocenters. The largest absolute Gasteiger partial charge is 0.394 e. The lowest BCUT2D eigenvalue weighted by Crippen LogP contribution is -2.55. The predicted octanol–water partition coefficient (Wildman–Crippen LogP) is 2.25. The standard InChI is InChI=1S/C26H28BrN3O4S/c1-28-23(32)19-20-25(34)30(18(14-31)16-10-6-3-7-11-16)22(26(20)12-17(27)21(19)35-26)24(33)29-13-15-8-4-2-5-9-15/h2-11,17-22,31H,12-14H2,1H3,(H,28,32)(H,29,33)/t17?,18-,19-,20+,21-,22?,26?/m1/s1. The summed E-state index contributed by atoms with van der Waals surface area (Å²) in [6.45, 7) is 0.0102. The molecule has 7 nitrogen and oxygen atoms in total. The number of amides is 3. The van der Waals surface area contributed by atoms with Gasteiger partial charge in [0.2, 0.25) is 17.7 Å². The number of likely N-dealkylation sites (tertiary alicyclic amines) is 1. The Morgan fingerprint density at radius 2 is 1.80 bits per heavy atom. The van der Waals surface area contributed by atoms with Crippen LogP contribution in [0.1, 0.15) is 23.6 Å². The fourth-order valence-electron chi connectivity index (χ4n) is 6.08. The first-order chi connectivity index (χ1) is 16.9. The Morgan fingerprint density at radius 3 is 2.43 bits per heavy atom. The van der Waals surface area contributed by atoms with Crippen LogP contribution in [0, 0.1) is 11.8 Å². The number of aliphatic hydroxyl groups is 1. The molecular formula is C26H28BrN3O4S. The molecule has 1 spiro atoms. The van der Waals surface area contributed by atoms with Crippen LogP contribution in [-0.4, -0.2) is 62.2 Å². The molecule has 2 aromatic rings. The Balaban J connectivity index is 1.56. The van der Waals surface area contributed by atoms with Crippen molar-refractivity contribution < 1.29 is 19.5 Å². The lowest BCUT2D eigenvalue weighted by Gasteiger charge is -2.37. The fourth-order valence-corrected chi connectivity index (χ4v) is 9.68. The van der Waals surface area contributed by atoms with Gasteiger partial charge in [0.1, 0.15) is 6.04 Å². The second-order valence-corrected chi connectivity index (χ2v) is 12.1. The summed E-state index contributed by atoms with van der Waals surface area (Å²) in [5.41, 5.74) is 1.71. The molecule has 3 amide bonds. The number of carbonyl (C=O) groups is 3. The Hall–Kier alpha value is -2.36. The number of aliphatic hydroxyl groups excluding tert-OH is 1. The number of nitrogens with zero attached hydrogens (tertiary/aromatic N) is 1. The highest BCUT2D eigenvalue weighted by Crippen LogP contribution is 2.68. The van der Waals surface area contributed by atoms with E-state index in [9.17, 15) is 19.5 Å². The lowest BCUT2D eigenvalue weighted by molar-refractivity contribution is -0.142. The zero-order chi connectivity index (χ0) is 24.7. The lowest BCUT2D eigenvalue weighted by atomic mass is 9.70. The van der Waals surface area contributed by atoms with E-state index in [0.717, 1.165) is 11.1 Å². The fraction of sp³-hybridized carbons (Fsp3) is 0.423. The number of alkyl halides is 1. The minimum atomic E-state index is -0.814. The molecule has 3 aliphatic rings. The van der Waals surface area contributed by atoms with Crippen molar-refractivity contribution in [1.29, 1.82) is 0 Å². The van der Waals surface area contributed by atoms with Crippen LogP contribution in [0.5, 0.6) is 0 Å². The number of hydrogen-bond donors (Lipinski definition) is 3. The first-order valence-electron chi connectivity index (χ1n) is 11.8. The van der Waals surface area contributed by atoms with Gasteiger partial charge in [0.15, 0.2) is 0 Å². The van der Waals surface area contributed by atoms with E-state index < -0.39 is 28.7 Å². The van der Waals surface area contributed by atoms with Crippen LogP contribution in [0.4, 0.5) is 0 Å². The van der Waals surface area contributed by atoms with Gasteiger partial charge >= 0.3 is 0 Å². The number of carbonyl (C=O) groups excluding carboxylic acids is 3. The van der Waals surface area contributed by atoms with Crippen LogP contribution in [0.25, 0.3) is 0 Å². The Labute approximate surface area is 217 Å². The number of halogens is 1. The molecule has 184 valence electrons. The van der Waals surface area contributed by atoms with Crippen molar-refractivity contribution in [2.45, 2.75) is 39.9 Å². The SMILES string of the molecule is CNC(=O)[C@H]1[C@@H]2SC3(CC2Br)C(C(=O)NCc2ccccc2)N([C@H](CO)c2ccccc2)C(=O)[C@H]13. The highest BCUT2D eigenvalue weighted by molar-refractivity contribution is 9.09. The molecule has 0 aliphatic carbocycles. The number of fused-ring (bicyclic) bond motifs is 1. The van der Waals surface area contributed by atoms with Crippen molar-refractivity contribution in [3.05, 3.63) is 71.8 Å². The van der Waals surface area contributed by atoms with E-state index in [1.54, 1.807) is 23.7 Å². The topological polar surface area (TPSA) is 98.7 Å². The number of benzene rings is 2. The number of thioether (sulfide) groups is 1. The Bertz CT molecular complexity index is 1120. The van der Waals surface area contributed by atoms with E-state index in [2.05, 4.69) is 26.6 Å². The highest BCUT2D eigenvalue weighted by atomic mass is 79.9. The maximum atomic E-state index is 14.1. The predicted molar refractivity (Wildman–Crippen MR) is 138 cm³/mol. The van der Waals surface area contributed by atoms with Crippen LogP contribution in [0.3, 0.4) is 0 Å². The van der Waals surface area contributed by atoms with Crippen molar-refractivity contribution in [2.75, 3.05) is 13.7 Å². The third kappa shape index (κ3) is 3.88. The van der Waals surface area contributed by atoms with Crippen molar-refractivity contribution in [3.63, 3.8) is 0 Å². The second kappa shape index (κ2) is 9.59. The van der Waals surface area contributed by atoms with Crippen LogP contribution < -0.4 is 10.6 Å². The number of nitrogens with one attached hydrogen (secondary N) is 2. The molecule has 5 rings (SSSR count). The van der Waals surface area contributed by atoms with Gasteiger partial charge in [-0.15, -0.1) is 11.8 Å². The summed E-state index contributed by atoms with van der Waals surface area (Å²) in [6.07, 6.45) is 0.596. The molecule has 0 saturated carbocycles. The highest BCUT2D eigenvalue weighted by Gasteiger charge is 2.76. The second-order valence-electron chi connectivity index (χ2n) is 9.34. The first kappa shape index (κ1) is 24.3. The van der Waals surface area contributed by atoms with Gasteiger partial charge < -0.3 is 20.6 Å². The van der Waals surface area contributed by atoms with E-state index in [1.807, 2.05) is 60.7 Å². The Kier molecular flexibility index (Phi) is 6.67. The summed E-state index contributed by atoms with van der Waals surface area (Å²) in [7, 11) is 1.58. The average Bonchev–Trinajstić information content (AvgIpc) is 3.48. The maximum absolute atomic E-state index is 14.1. The average molecular weight is 558 g/mol. The van der Waals surface area contributed by atoms with Crippen LogP contribution in [-0.2, 0) is 20.9 Å². The smallest absolute Gasteiger partial charge is 0.244 e. The molecule has 3 saturated heterocycles. The third-order valence-corrected chi connectivity index (χ3v) is 10.7. The molecular weight excluding hydrogens is 530 g/mol. The zero-order valence-corrected chi connectivity index (χ0v) is 21.7. The van der Waals surface area contributed by atoms with Crippen molar-refractivity contribution >= 4 is 45.4 Å². The minimum Gasteiger partial charge on any atom is -0.394 e. The summed E-state index contributed by atoms with van der Waals surface area (Å²) >= 11 is 5.33. The quantitative estimate of drug-likeness (QED) is 0.453. The summed E-state index contributed by atoms with van der Waals surface area (Å²) in [5, 5.41) is 16.1. The number of rotatable bonds is 7. The summed E-state index contributed by atoms with van der Waals surface area (Å²) in [6, 6.07) is 17.4. The van der Waals surface area contributed by atoms with Gasteiger partial charge in [-0.25, -0.2) is 0 Å². The molecule has 7 atom stereocenters. The van der Waals surface area contributed by atoms with E-state index in [-0.39, 0.29) is 34.4 Å². The van der Waals surface area contributed by atoms with E-state index in [4.69, 9.17) is 0 Å².